The second-order valence-electron chi connectivity index (χ2n) is 5.19. The number of halogens is 1. The van der Waals surface area contributed by atoms with Crippen molar-refractivity contribution in [2.75, 3.05) is 0 Å². The van der Waals surface area contributed by atoms with Gasteiger partial charge in [0.1, 0.15) is 6.04 Å². The van der Waals surface area contributed by atoms with Gasteiger partial charge in [0.05, 0.1) is 10.6 Å². The third kappa shape index (κ3) is 6.31. The van der Waals surface area contributed by atoms with Gasteiger partial charge in [0.2, 0.25) is 5.91 Å². The van der Waals surface area contributed by atoms with Crippen LogP contribution in [0.1, 0.15) is 48.9 Å². The van der Waals surface area contributed by atoms with Crippen LogP contribution in [0, 0.1) is 0 Å². The van der Waals surface area contributed by atoms with Crippen LogP contribution in [-0.4, -0.2) is 17.9 Å². The number of hydrogen-bond acceptors (Lipinski definition) is 2. The molecule has 0 radical (unpaired) electrons. The number of rotatable bonds is 10. The summed E-state index contributed by atoms with van der Waals surface area (Å²) >= 11 is 5.97. The highest BCUT2D eigenvalue weighted by Gasteiger charge is 2.19. The van der Waals surface area contributed by atoms with Crippen LogP contribution in [-0.2, 0) is 4.79 Å². The van der Waals surface area contributed by atoms with Crippen LogP contribution in [0.5, 0.6) is 0 Å². The fraction of sp³-hybridized carbons (Fsp3) is 0.412. The maximum atomic E-state index is 12.1. The van der Waals surface area contributed by atoms with Crippen molar-refractivity contribution in [2.45, 2.75) is 44.6 Å². The van der Waals surface area contributed by atoms with E-state index >= 15 is 0 Å². The number of hydrogen-bond donors (Lipinski definition) is 2. The average molecular weight is 323 g/mol. The Bertz CT molecular complexity index is 517. The van der Waals surface area contributed by atoms with Crippen LogP contribution in [0.3, 0.4) is 0 Å². The molecule has 120 valence electrons. The Morgan fingerprint density at radius 1 is 1.23 bits per heavy atom. The van der Waals surface area contributed by atoms with E-state index in [4.69, 9.17) is 17.3 Å². The number of carbonyl (C=O) groups excluding carboxylic acids is 2. The van der Waals surface area contributed by atoms with Gasteiger partial charge in [0, 0.05) is 0 Å². The lowest BCUT2D eigenvalue weighted by Crippen LogP contribution is -2.44. The first kappa shape index (κ1) is 18.2. The number of primary amides is 1. The molecule has 0 unspecified atom stereocenters. The highest BCUT2D eigenvalue weighted by atomic mass is 35.5. The fourth-order valence-electron chi connectivity index (χ4n) is 2.16. The Labute approximate surface area is 136 Å². The molecule has 0 heterocycles. The zero-order chi connectivity index (χ0) is 16.4. The summed E-state index contributed by atoms with van der Waals surface area (Å²) in [6, 6.07) is 6.05. The van der Waals surface area contributed by atoms with E-state index in [9.17, 15) is 9.59 Å². The molecule has 0 aromatic heterocycles. The largest absolute Gasteiger partial charge is 0.368 e. The normalized spacial score (nSPS) is 11.7. The van der Waals surface area contributed by atoms with Gasteiger partial charge in [0.25, 0.3) is 5.91 Å². The molecule has 0 saturated carbocycles. The predicted molar refractivity (Wildman–Crippen MR) is 89.8 cm³/mol. The Morgan fingerprint density at radius 3 is 2.55 bits per heavy atom. The smallest absolute Gasteiger partial charge is 0.253 e. The van der Waals surface area contributed by atoms with Crippen LogP contribution >= 0.6 is 11.6 Å². The maximum absolute atomic E-state index is 12.1. The first-order valence-corrected chi connectivity index (χ1v) is 7.89. The van der Waals surface area contributed by atoms with E-state index in [1.807, 2.05) is 6.08 Å². The van der Waals surface area contributed by atoms with Crippen molar-refractivity contribution in [1.82, 2.24) is 5.32 Å². The Morgan fingerprint density at radius 2 is 1.91 bits per heavy atom. The summed E-state index contributed by atoms with van der Waals surface area (Å²) in [6.45, 7) is 3.68. The predicted octanol–water partition coefficient (Wildman–Crippen LogP) is 3.45. The number of nitrogens with two attached hydrogens (primary N) is 1. The monoisotopic (exact) mass is 322 g/mol. The van der Waals surface area contributed by atoms with Crippen LogP contribution in [0.4, 0.5) is 0 Å². The van der Waals surface area contributed by atoms with E-state index in [1.54, 1.807) is 24.3 Å². The molecule has 22 heavy (non-hydrogen) atoms. The highest BCUT2D eigenvalue weighted by molar-refractivity contribution is 6.33. The molecule has 4 nitrogen and oxygen atoms in total. The van der Waals surface area contributed by atoms with Gasteiger partial charge in [-0.05, 0) is 31.4 Å². The molecule has 0 aliphatic heterocycles. The summed E-state index contributed by atoms with van der Waals surface area (Å²) in [4.78, 5) is 23.6. The van der Waals surface area contributed by atoms with E-state index in [-0.39, 0.29) is 5.91 Å². The summed E-state index contributed by atoms with van der Waals surface area (Å²) in [5, 5.41) is 3.02. The standard InChI is InChI=1S/C17H23ClN2O2/c1-2-3-4-5-6-7-12-15(16(19)21)20-17(22)13-10-8-9-11-14(13)18/h2,8-11,15H,1,3-7,12H2,(H2,19,21)(H,20,22)/t15-/m0/s1. The fourth-order valence-corrected chi connectivity index (χ4v) is 2.38. The third-order valence-corrected chi connectivity index (χ3v) is 3.75. The molecule has 5 heteroatoms. The molecule has 0 saturated heterocycles. The molecule has 3 N–H and O–H groups in total. The Kier molecular flexibility index (Phi) is 8.30. The number of nitrogens with one attached hydrogen (secondary N) is 1. The van der Waals surface area contributed by atoms with Crippen molar-refractivity contribution in [3.8, 4) is 0 Å². The summed E-state index contributed by atoms with van der Waals surface area (Å²) in [5.41, 5.74) is 5.71. The van der Waals surface area contributed by atoms with Gasteiger partial charge in [0.15, 0.2) is 0 Å². The van der Waals surface area contributed by atoms with E-state index in [0.29, 0.717) is 17.0 Å². The zero-order valence-corrected chi connectivity index (χ0v) is 13.4. The molecule has 1 aromatic carbocycles. The van der Waals surface area contributed by atoms with Crippen LogP contribution < -0.4 is 11.1 Å². The topological polar surface area (TPSA) is 72.2 Å². The number of unbranched alkanes of at least 4 members (excludes halogenated alkanes) is 4. The Hall–Kier alpha value is -1.81. The van der Waals surface area contributed by atoms with Gasteiger partial charge in [-0.1, -0.05) is 49.1 Å². The van der Waals surface area contributed by atoms with Crippen LogP contribution in [0.15, 0.2) is 36.9 Å². The molecule has 0 fully saturated rings. The average Bonchev–Trinajstić information content (AvgIpc) is 2.49. The van der Waals surface area contributed by atoms with Crippen molar-refractivity contribution in [3.63, 3.8) is 0 Å². The summed E-state index contributed by atoms with van der Waals surface area (Å²) < 4.78 is 0. The highest BCUT2D eigenvalue weighted by Crippen LogP contribution is 2.15. The van der Waals surface area contributed by atoms with Crippen molar-refractivity contribution >= 4 is 23.4 Å². The molecule has 0 spiro atoms. The summed E-state index contributed by atoms with van der Waals surface area (Å²) in [6.07, 6.45) is 7.46. The molecule has 1 aromatic rings. The van der Waals surface area contributed by atoms with Gasteiger partial charge in [-0.3, -0.25) is 9.59 Å². The maximum Gasteiger partial charge on any atom is 0.253 e. The van der Waals surface area contributed by atoms with Gasteiger partial charge in [-0.25, -0.2) is 0 Å². The number of carbonyl (C=O) groups is 2. The third-order valence-electron chi connectivity index (χ3n) is 3.42. The number of amides is 2. The van der Waals surface area contributed by atoms with Crippen LogP contribution in [0.25, 0.3) is 0 Å². The van der Waals surface area contributed by atoms with Crippen molar-refractivity contribution in [3.05, 3.63) is 47.5 Å². The second kappa shape index (κ2) is 10.0. The lowest BCUT2D eigenvalue weighted by molar-refractivity contribution is -0.120. The molecule has 2 amide bonds. The van der Waals surface area contributed by atoms with Crippen molar-refractivity contribution in [2.24, 2.45) is 5.73 Å². The minimum Gasteiger partial charge on any atom is -0.368 e. The van der Waals surface area contributed by atoms with E-state index in [1.165, 1.54) is 0 Å². The van der Waals surface area contributed by atoms with Gasteiger partial charge in [-0.15, -0.1) is 6.58 Å². The minimum atomic E-state index is -0.664. The lowest BCUT2D eigenvalue weighted by atomic mass is 10.1. The summed E-state index contributed by atoms with van der Waals surface area (Å²) in [5.74, 6) is -0.896. The lowest BCUT2D eigenvalue weighted by Gasteiger charge is -2.16. The van der Waals surface area contributed by atoms with E-state index in [0.717, 1.165) is 32.1 Å². The van der Waals surface area contributed by atoms with E-state index < -0.39 is 11.9 Å². The number of benzene rings is 1. The first-order chi connectivity index (χ1) is 10.6. The molecular weight excluding hydrogens is 300 g/mol. The second-order valence-corrected chi connectivity index (χ2v) is 5.60. The van der Waals surface area contributed by atoms with Gasteiger partial charge >= 0.3 is 0 Å². The minimum absolute atomic E-state index is 0.349. The van der Waals surface area contributed by atoms with E-state index in [2.05, 4.69) is 11.9 Å². The molecule has 0 bridgehead atoms. The van der Waals surface area contributed by atoms with Gasteiger partial charge < -0.3 is 11.1 Å². The molecule has 1 rings (SSSR count). The molecular formula is C17H23ClN2O2. The number of allylic oxidation sites excluding steroid dienone is 1. The molecule has 0 aliphatic carbocycles. The van der Waals surface area contributed by atoms with Crippen molar-refractivity contribution < 1.29 is 9.59 Å². The van der Waals surface area contributed by atoms with Gasteiger partial charge in [-0.2, -0.15) is 0 Å². The molecule has 1 atom stereocenters. The van der Waals surface area contributed by atoms with Crippen molar-refractivity contribution in [1.29, 1.82) is 0 Å². The summed E-state index contributed by atoms with van der Waals surface area (Å²) in [7, 11) is 0. The first-order valence-electron chi connectivity index (χ1n) is 7.52. The Balaban J connectivity index is 2.47. The SMILES string of the molecule is C=CCCCCCC[C@H](NC(=O)c1ccccc1Cl)C(N)=O. The molecule has 0 aliphatic rings. The quantitative estimate of drug-likeness (QED) is 0.511. The van der Waals surface area contributed by atoms with Crippen LogP contribution in [0.2, 0.25) is 5.02 Å². The zero-order valence-electron chi connectivity index (χ0n) is 12.7.